The van der Waals surface area contributed by atoms with E-state index in [9.17, 15) is 4.21 Å². The van der Waals surface area contributed by atoms with Crippen molar-refractivity contribution in [1.29, 1.82) is 0 Å². The van der Waals surface area contributed by atoms with Gasteiger partial charge in [0.2, 0.25) is 0 Å². The van der Waals surface area contributed by atoms with E-state index in [4.69, 9.17) is 22.1 Å². The van der Waals surface area contributed by atoms with Gasteiger partial charge >= 0.3 is 0 Å². The predicted molar refractivity (Wildman–Crippen MR) is 89.3 cm³/mol. The third kappa shape index (κ3) is 3.10. The number of nitrogens with two attached hydrogens (primary N) is 1. The third-order valence-corrected chi connectivity index (χ3v) is 5.87. The molecule has 0 bridgehead atoms. The minimum Gasteiger partial charge on any atom is -0.493 e. The molecule has 0 fully saturated rings. The van der Waals surface area contributed by atoms with Gasteiger partial charge in [0.1, 0.15) is 5.75 Å². The van der Waals surface area contributed by atoms with Crippen molar-refractivity contribution in [2.24, 2.45) is 0 Å². The molecule has 0 spiro atoms. The van der Waals surface area contributed by atoms with E-state index in [0.717, 1.165) is 32.7 Å². The maximum Gasteiger partial charge on any atom is 0.126 e. The van der Waals surface area contributed by atoms with Gasteiger partial charge in [-0.25, -0.2) is 0 Å². The van der Waals surface area contributed by atoms with Gasteiger partial charge in [0, 0.05) is 27.2 Å². The molecule has 2 aromatic carbocycles. The van der Waals surface area contributed by atoms with Gasteiger partial charge in [-0.05, 0) is 51.8 Å². The van der Waals surface area contributed by atoms with Gasteiger partial charge in [-0.3, -0.25) is 4.21 Å². The number of ether oxygens (including phenoxy) is 1. The number of anilines is 1. The summed E-state index contributed by atoms with van der Waals surface area (Å²) in [6, 6.07) is 9.02. The molecule has 1 aliphatic heterocycles. The molecular weight excluding hydrogens is 374 g/mol. The average molecular weight is 387 g/mol. The summed E-state index contributed by atoms with van der Waals surface area (Å²) >= 11 is 9.54. The van der Waals surface area contributed by atoms with Gasteiger partial charge in [0.25, 0.3) is 0 Å². The molecule has 0 saturated carbocycles. The molecule has 2 N–H and O–H groups in total. The quantitative estimate of drug-likeness (QED) is 0.813. The zero-order valence-electron chi connectivity index (χ0n) is 11.1. The maximum atomic E-state index is 12.6. The Bertz CT molecular complexity index is 736. The Morgan fingerprint density at radius 2 is 2.14 bits per heavy atom. The summed E-state index contributed by atoms with van der Waals surface area (Å²) in [6.45, 7) is 0.654. The Labute approximate surface area is 139 Å². The Hall–Kier alpha value is -1.04. The fourth-order valence-electron chi connectivity index (χ4n) is 2.37. The Morgan fingerprint density at radius 1 is 1.33 bits per heavy atom. The minimum absolute atomic E-state index is 0.366. The van der Waals surface area contributed by atoms with Crippen LogP contribution < -0.4 is 10.5 Å². The highest BCUT2D eigenvalue weighted by molar-refractivity contribution is 9.10. The summed E-state index contributed by atoms with van der Waals surface area (Å²) in [4.78, 5) is 0.718. The first-order valence-corrected chi connectivity index (χ1v) is 8.91. The lowest BCUT2D eigenvalue weighted by Crippen LogP contribution is -2.00. The van der Waals surface area contributed by atoms with Crippen LogP contribution in [0.15, 0.2) is 39.7 Å². The molecule has 6 heteroatoms. The standard InChI is InChI=1S/C15H13BrClNO2S/c16-13-7-12(18)1-2-14(13)21(19)8-10-6-11(17)5-9-3-4-20-15(9)10/h1-2,5-7H,3-4,8,18H2. The monoisotopic (exact) mass is 385 g/mol. The van der Waals surface area contributed by atoms with Gasteiger partial charge in [-0.15, -0.1) is 0 Å². The molecule has 1 atom stereocenters. The lowest BCUT2D eigenvalue weighted by atomic mass is 10.1. The van der Waals surface area contributed by atoms with Crippen molar-refractivity contribution in [2.75, 3.05) is 12.3 Å². The average Bonchev–Trinajstić information content (AvgIpc) is 2.86. The summed E-state index contributed by atoms with van der Waals surface area (Å²) in [5.41, 5.74) is 8.32. The second-order valence-corrected chi connectivity index (χ2v) is 7.54. The smallest absolute Gasteiger partial charge is 0.126 e. The van der Waals surface area contributed by atoms with Crippen molar-refractivity contribution >= 4 is 44.0 Å². The molecule has 3 nitrogen and oxygen atoms in total. The van der Waals surface area contributed by atoms with E-state index in [0.29, 0.717) is 23.1 Å². The van der Waals surface area contributed by atoms with Crippen molar-refractivity contribution in [3.8, 4) is 5.75 Å². The molecule has 21 heavy (non-hydrogen) atoms. The Balaban J connectivity index is 1.92. The second kappa shape index (κ2) is 5.99. The van der Waals surface area contributed by atoms with Crippen LogP contribution >= 0.6 is 27.5 Å². The number of benzene rings is 2. The molecule has 0 aliphatic carbocycles. The molecule has 3 rings (SSSR count). The number of hydrogen-bond acceptors (Lipinski definition) is 3. The topological polar surface area (TPSA) is 52.3 Å². The van der Waals surface area contributed by atoms with Crippen molar-refractivity contribution in [1.82, 2.24) is 0 Å². The van der Waals surface area contributed by atoms with Gasteiger partial charge in [-0.2, -0.15) is 0 Å². The summed E-state index contributed by atoms with van der Waals surface area (Å²) in [7, 11) is -1.20. The molecule has 1 unspecified atom stereocenters. The van der Waals surface area contributed by atoms with Crippen molar-refractivity contribution < 1.29 is 8.95 Å². The summed E-state index contributed by atoms with van der Waals surface area (Å²) in [5, 5.41) is 0.655. The lowest BCUT2D eigenvalue weighted by Gasteiger charge is -2.10. The van der Waals surface area contributed by atoms with E-state index in [2.05, 4.69) is 15.9 Å². The summed E-state index contributed by atoms with van der Waals surface area (Å²) in [6.07, 6.45) is 0.848. The van der Waals surface area contributed by atoms with Crippen LogP contribution in [0.5, 0.6) is 5.75 Å². The zero-order chi connectivity index (χ0) is 15.0. The number of fused-ring (bicyclic) bond motifs is 1. The van der Waals surface area contributed by atoms with Gasteiger partial charge in [0.15, 0.2) is 0 Å². The number of nitrogen functional groups attached to an aromatic ring is 1. The van der Waals surface area contributed by atoms with Gasteiger partial charge < -0.3 is 10.5 Å². The zero-order valence-corrected chi connectivity index (χ0v) is 14.2. The molecular formula is C15H13BrClNO2S. The molecule has 0 aromatic heterocycles. The third-order valence-electron chi connectivity index (χ3n) is 3.31. The first-order valence-electron chi connectivity index (χ1n) is 6.42. The molecule has 1 heterocycles. The van der Waals surface area contributed by atoms with Crippen LogP contribution in [0, 0.1) is 0 Å². The fraction of sp³-hybridized carbons (Fsp3) is 0.200. The minimum atomic E-state index is -1.20. The number of halogens is 2. The number of rotatable bonds is 3. The van der Waals surface area contributed by atoms with E-state index >= 15 is 0 Å². The van der Waals surface area contributed by atoms with Crippen LogP contribution in [0.25, 0.3) is 0 Å². The molecule has 0 amide bonds. The number of hydrogen-bond donors (Lipinski definition) is 1. The highest BCUT2D eigenvalue weighted by atomic mass is 79.9. The van der Waals surface area contributed by atoms with E-state index in [-0.39, 0.29) is 0 Å². The van der Waals surface area contributed by atoms with Crippen LogP contribution in [0.4, 0.5) is 5.69 Å². The molecule has 0 saturated heterocycles. The molecule has 0 radical (unpaired) electrons. The predicted octanol–water partition coefficient (Wildman–Crippen LogP) is 3.93. The SMILES string of the molecule is Nc1ccc(S(=O)Cc2cc(Cl)cc3c2OCC3)c(Br)c1. The van der Waals surface area contributed by atoms with E-state index in [1.165, 1.54) is 0 Å². The summed E-state index contributed by atoms with van der Waals surface area (Å²) in [5.74, 6) is 1.20. The van der Waals surface area contributed by atoms with Gasteiger partial charge in [-0.1, -0.05) is 11.6 Å². The van der Waals surface area contributed by atoms with Crippen LogP contribution in [0.1, 0.15) is 11.1 Å². The van der Waals surface area contributed by atoms with Crippen molar-refractivity contribution in [3.05, 3.63) is 51.0 Å². The Morgan fingerprint density at radius 3 is 2.90 bits per heavy atom. The maximum absolute atomic E-state index is 12.6. The fourth-order valence-corrected chi connectivity index (χ4v) is 4.72. The van der Waals surface area contributed by atoms with Crippen LogP contribution in [-0.2, 0) is 23.0 Å². The normalized spacial score (nSPS) is 14.6. The first kappa shape index (κ1) is 14.9. The highest BCUT2D eigenvalue weighted by Gasteiger charge is 2.20. The van der Waals surface area contributed by atoms with Gasteiger partial charge in [0.05, 0.1) is 28.1 Å². The second-order valence-electron chi connectivity index (χ2n) is 4.83. The van der Waals surface area contributed by atoms with E-state index in [1.807, 2.05) is 12.1 Å². The molecule has 2 aromatic rings. The van der Waals surface area contributed by atoms with Crippen LogP contribution in [0.2, 0.25) is 5.02 Å². The van der Waals surface area contributed by atoms with Crippen molar-refractivity contribution in [3.63, 3.8) is 0 Å². The Kier molecular flexibility index (Phi) is 4.24. The van der Waals surface area contributed by atoms with Crippen molar-refractivity contribution in [2.45, 2.75) is 17.1 Å². The molecule has 1 aliphatic rings. The highest BCUT2D eigenvalue weighted by Crippen LogP contribution is 2.35. The lowest BCUT2D eigenvalue weighted by molar-refractivity contribution is 0.354. The van der Waals surface area contributed by atoms with E-state index in [1.54, 1.807) is 18.2 Å². The molecule has 110 valence electrons. The van der Waals surface area contributed by atoms with Crippen LogP contribution in [0.3, 0.4) is 0 Å². The van der Waals surface area contributed by atoms with E-state index < -0.39 is 10.8 Å². The first-order chi connectivity index (χ1) is 10.0. The van der Waals surface area contributed by atoms with Crippen LogP contribution in [-0.4, -0.2) is 10.8 Å². The summed E-state index contributed by atoms with van der Waals surface area (Å²) < 4.78 is 19.0. The largest absolute Gasteiger partial charge is 0.493 e.